The van der Waals surface area contributed by atoms with Crippen molar-refractivity contribution in [2.75, 3.05) is 6.61 Å². The first kappa shape index (κ1) is 16.9. The molecule has 4 unspecified atom stereocenters. The number of ether oxygens (including phenoxy) is 1. The summed E-state index contributed by atoms with van der Waals surface area (Å²) >= 11 is 0. The van der Waals surface area contributed by atoms with E-state index in [1.807, 2.05) is 0 Å². The maximum atomic E-state index is 6.06. The number of nitrogens with one attached hydrogen (secondary N) is 1. The van der Waals surface area contributed by atoms with Crippen molar-refractivity contribution in [3.63, 3.8) is 0 Å². The van der Waals surface area contributed by atoms with Gasteiger partial charge in [0.25, 0.3) is 0 Å². The van der Waals surface area contributed by atoms with Gasteiger partial charge in [-0.15, -0.1) is 0 Å². The van der Waals surface area contributed by atoms with Crippen molar-refractivity contribution < 1.29 is 4.74 Å². The first-order chi connectivity index (χ1) is 8.95. The molecule has 1 aliphatic rings. The minimum Gasteiger partial charge on any atom is -0.376 e. The fourth-order valence-corrected chi connectivity index (χ4v) is 3.72. The lowest BCUT2D eigenvalue weighted by Gasteiger charge is -2.44. The van der Waals surface area contributed by atoms with Gasteiger partial charge in [0.1, 0.15) is 0 Å². The van der Waals surface area contributed by atoms with Crippen LogP contribution in [0.3, 0.4) is 0 Å². The Bertz CT molecular complexity index is 250. The first-order valence-corrected chi connectivity index (χ1v) is 8.03. The van der Waals surface area contributed by atoms with Crippen LogP contribution in [0, 0.1) is 17.3 Å². The summed E-state index contributed by atoms with van der Waals surface area (Å²) < 4.78 is 6.06. The summed E-state index contributed by atoms with van der Waals surface area (Å²) in [5, 5.41) is 0. The van der Waals surface area contributed by atoms with Crippen molar-refractivity contribution >= 4 is 0 Å². The number of hydrazine groups is 1. The van der Waals surface area contributed by atoms with Crippen LogP contribution in [-0.4, -0.2) is 18.8 Å². The van der Waals surface area contributed by atoms with Gasteiger partial charge in [0.15, 0.2) is 0 Å². The van der Waals surface area contributed by atoms with Crippen molar-refractivity contribution in [3.8, 4) is 0 Å². The molecular formula is C16H34N2O. The molecule has 1 fully saturated rings. The van der Waals surface area contributed by atoms with Gasteiger partial charge in [0.05, 0.1) is 12.1 Å². The Balaban J connectivity index is 2.88. The standard InChI is InChI=1S/C16H34N2O/c1-6-12-10-8-9-11-13(12)14(18-17)15(19-7-2)16(3,4)5/h12-15,18H,6-11,17H2,1-5H3. The van der Waals surface area contributed by atoms with E-state index in [4.69, 9.17) is 10.6 Å². The van der Waals surface area contributed by atoms with Crippen LogP contribution in [0.2, 0.25) is 0 Å². The third-order valence-electron chi connectivity index (χ3n) is 4.67. The lowest BCUT2D eigenvalue weighted by Crippen LogP contribution is -2.56. The molecule has 0 spiro atoms. The van der Waals surface area contributed by atoms with Crippen molar-refractivity contribution in [2.45, 2.75) is 78.9 Å². The predicted octanol–water partition coefficient (Wildman–Crippen LogP) is 3.49. The lowest BCUT2D eigenvalue weighted by atomic mass is 9.69. The maximum absolute atomic E-state index is 6.06. The van der Waals surface area contributed by atoms with Gasteiger partial charge in [-0.3, -0.25) is 11.3 Å². The second kappa shape index (κ2) is 7.61. The van der Waals surface area contributed by atoms with E-state index in [1.54, 1.807) is 0 Å². The highest BCUT2D eigenvalue weighted by Gasteiger charge is 2.40. The summed E-state index contributed by atoms with van der Waals surface area (Å²) in [6, 6.07) is 0.269. The molecule has 4 atom stereocenters. The predicted molar refractivity (Wildman–Crippen MR) is 81.7 cm³/mol. The molecule has 1 aliphatic carbocycles. The monoisotopic (exact) mass is 270 g/mol. The number of nitrogens with two attached hydrogens (primary N) is 1. The maximum Gasteiger partial charge on any atom is 0.0792 e. The summed E-state index contributed by atoms with van der Waals surface area (Å²) in [4.78, 5) is 0. The van der Waals surface area contributed by atoms with Gasteiger partial charge in [-0.25, -0.2) is 0 Å². The Labute approximate surface area is 119 Å². The van der Waals surface area contributed by atoms with Crippen molar-refractivity contribution in [3.05, 3.63) is 0 Å². The second-order valence-corrected chi connectivity index (χ2v) is 7.05. The van der Waals surface area contributed by atoms with E-state index in [2.05, 4.69) is 40.0 Å². The molecule has 0 aromatic carbocycles. The van der Waals surface area contributed by atoms with E-state index in [0.717, 1.165) is 12.5 Å². The Morgan fingerprint density at radius 3 is 2.32 bits per heavy atom. The largest absolute Gasteiger partial charge is 0.376 e. The average Bonchev–Trinajstić information content (AvgIpc) is 2.38. The van der Waals surface area contributed by atoms with Gasteiger partial charge in [0, 0.05) is 6.61 Å². The normalized spacial score (nSPS) is 28.1. The van der Waals surface area contributed by atoms with E-state index in [1.165, 1.54) is 32.1 Å². The molecule has 0 radical (unpaired) electrons. The van der Waals surface area contributed by atoms with Gasteiger partial charge >= 0.3 is 0 Å². The van der Waals surface area contributed by atoms with E-state index in [-0.39, 0.29) is 17.6 Å². The second-order valence-electron chi connectivity index (χ2n) is 7.05. The molecule has 1 rings (SSSR count). The van der Waals surface area contributed by atoms with Crippen molar-refractivity contribution in [1.29, 1.82) is 0 Å². The Hall–Kier alpha value is -0.120. The molecule has 0 aromatic heterocycles. The molecule has 0 amide bonds. The fourth-order valence-electron chi connectivity index (χ4n) is 3.72. The van der Waals surface area contributed by atoms with Gasteiger partial charge < -0.3 is 4.74 Å². The van der Waals surface area contributed by atoms with E-state index < -0.39 is 0 Å². The van der Waals surface area contributed by atoms with Crippen LogP contribution in [0.1, 0.15) is 66.7 Å². The summed E-state index contributed by atoms with van der Waals surface area (Å²) in [6.45, 7) is 11.9. The third kappa shape index (κ3) is 4.44. The zero-order valence-corrected chi connectivity index (χ0v) is 13.5. The van der Waals surface area contributed by atoms with E-state index in [0.29, 0.717) is 5.92 Å². The minimum atomic E-state index is 0.114. The summed E-state index contributed by atoms with van der Waals surface area (Å²) in [5.74, 6) is 7.36. The van der Waals surface area contributed by atoms with Gasteiger partial charge in [-0.1, -0.05) is 53.4 Å². The van der Waals surface area contributed by atoms with Crippen molar-refractivity contribution in [1.82, 2.24) is 5.43 Å². The minimum absolute atomic E-state index is 0.114. The molecule has 3 N–H and O–H groups in total. The summed E-state index contributed by atoms with van der Waals surface area (Å²) in [6.07, 6.45) is 6.78. The highest BCUT2D eigenvalue weighted by atomic mass is 16.5. The highest BCUT2D eigenvalue weighted by Crippen LogP contribution is 2.38. The number of rotatable bonds is 6. The first-order valence-electron chi connectivity index (χ1n) is 8.03. The van der Waals surface area contributed by atoms with Crippen LogP contribution < -0.4 is 11.3 Å². The van der Waals surface area contributed by atoms with Crippen LogP contribution >= 0.6 is 0 Å². The quantitative estimate of drug-likeness (QED) is 0.574. The van der Waals surface area contributed by atoms with Gasteiger partial charge in [-0.2, -0.15) is 0 Å². The van der Waals surface area contributed by atoms with Crippen LogP contribution in [0.15, 0.2) is 0 Å². The fraction of sp³-hybridized carbons (Fsp3) is 1.00. The topological polar surface area (TPSA) is 47.3 Å². The Kier molecular flexibility index (Phi) is 6.78. The van der Waals surface area contributed by atoms with E-state index >= 15 is 0 Å². The number of hydrogen-bond donors (Lipinski definition) is 2. The van der Waals surface area contributed by atoms with Crippen LogP contribution in [0.4, 0.5) is 0 Å². The van der Waals surface area contributed by atoms with Crippen LogP contribution in [0.25, 0.3) is 0 Å². The molecule has 19 heavy (non-hydrogen) atoms. The highest BCUT2D eigenvalue weighted by molar-refractivity contribution is 4.93. The number of hydrogen-bond acceptors (Lipinski definition) is 3. The molecular weight excluding hydrogens is 236 g/mol. The summed E-state index contributed by atoms with van der Waals surface area (Å²) in [5.41, 5.74) is 3.22. The SMILES string of the molecule is CCOC(C(NN)C1CCCCC1CC)C(C)(C)C. The van der Waals surface area contributed by atoms with Gasteiger partial charge in [0.2, 0.25) is 0 Å². The molecule has 0 aromatic rings. The smallest absolute Gasteiger partial charge is 0.0792 e. The lowest BCUT2D eigenvalue weighted by molar-refractivity contribution is -0.0604. The zero-order valence-electron chi connectivity index (χ0n) is 13.5. The van der Waals surface area contributed by atoms with Gasteiger partial charge in [-0.05, 0) is 30.6 Å². The molecule has 1 saturated carbocycles. The summed E-state index contributed by atoms with van der Waals surface area (Å²) in [7, 11) is 0. The average molecular weight is 270 g/mol. The van der Waals surface area contributed by atoms with Crippen molar-refractivity contribution in [2.24, 2.45) is 23.1 Å². The molecule has 114 valence electrons. The molecule has 3 nitrogen and oxygen atoms in total. The van der Waals surface area contributed by atoms with Crippen LogP contribution in [0.5, 0.6) is 0 Å². The molecule has 0 aliphatic heterocycles. The Morgan fingerprint density at radius 1 is 1.21 bits per heavy atom. The Morgan fingerprint density at radius 2 is 1.84 bits per heavy atom. The molecule has 0 heterocycles. The van der Waals surface area contributed by atoms with E-state index in [9.17, 15) is 0 Å². The molecule has 0 bridgehead atoms. The zero-order chi connectivity index (χ0) is 14.5. The third-order valence-corrected chi connectivity index (χ3v) is 4.67. The van der Waals surface area contributed by atoms with Crippen LogP contribution in [-0.2, 0) is 4.74 Å². The molecule has 3 heteroatoms. The molecule has 0 saturated heterocycles.